The number of piperidine rings is 3. The summed E-state index contributed by atoms with van der Waals surface area (Å²) < 4.78 is 46.8. The van der Waals surface area contributed by atoms with Gasteiger partial charge in [0.1, 0.15) is 5.75 Å². The highest BCUT2D eigenvalue weighted by Crippen LogP contribution is 2.31. The Bertz CT molecular complexity index is 814. The zero-order valence-electron chi connectivity index (χ0n) is 14.2. The van der Waals surface area contributed by atoms with Crippen LogP contribution in [-0.2, 0) is 6.18 Å². The number of rotatable bonds is 4. The largest absolute Gasteiger partial charge is 0.470 e. The average molecular weight is 382 g/mol. The van der Waals surface area contributed by atoms with Gasteiger partial charge in [0.05, 0.1) is 0 Å². The molecule has 10 heteroatoms. The van der Waals surface area contributed by atoms with Crippen LogP contribution in [0.15, 0.2) is 28.7 Å². The summed E-state index contributed by atoms with van der Waals surface area (Å²) in [6, 6.07) is 6.14. The lowest BCUT2D eigenvalue weighted by Crippen LogP contribution is -2.57. The van der Waals surface area contributed by atoms with Crippen LogP contribution < -0.4 is 10.1 Å². The fraction of sp³-hybridized carbons (Fsp3) is 0.471. The van der Waals surface area contributed by atoms with E-state index in [1.165, 1.54) is 24.3 Å². The Morgan fingerprint density at radius 1 is 1.19 bits per heavy atom. The van der Waals surface area contributed by atoms with Crippen LogP contribution in [0, 0.1) is 5.92 Å². The van der Waals surface area contributed by atoms with Crippen molar-refractivity contribution in [3.05, 3.63) is 35.7 Å². The molecule has 4 heterocycles. The first-order valence-electron chi connectivity index (χ1n) is 8.60. The molecule has 0 radical (unpaired) electrons. The van der Waals surface area contributed by atoms with E-state index in [1.807, 2.05) is 0 Å². The molecule has 1 N–H and O–H groups in total. The van der Waals surface area contributed by atoms with Crippen molar-refractivity contribution in [2.24, 2.45) is 5.92 Å². The van der Waals surface area contributed by atoms with Crippen LogP contribution in [0.3, 0.4) is 0 Å². The Balaban J connectivity index is 1.37. The molecule has 5 rings (SSSR count). The number of amides is 1. The van der Waals surface area contributed by atoms with Gasteiger partial charge in [-0.05, 0) is 56.1 Å². The van der Waals surface area contributed by atoms with Crippen molar-refractivity contribution >= 4 is 5.91 Å². The first kappa shape index (κ1) is 17.8. The van der Waals surface area contributed by atoms with E-state index in [4.69, 9.17) is 4.74 Å². The third-order valence-electron chi connectivity index (χ3n) is 4.94. The number of aromatic nitrogens is 2. The molecule has 2 bridgehead atoms. The van der Waals surface area contributed by atoms with Crippen molar-refractivity contribution in [1.82, 2.24) is 20.4 Å². The van der Waals surface area contributed by atoms with Crippen molar-refractivity contribution in [1.29, 1.82) is 0 Å². The van der Waals surface area contributed by atoms with E-state index in [0.717, 1.165) is 32.5 Å². The zero-order valence-corrected chi connectivity index (χ0v) is 14.2. The van der Waals surface area contributed by atoms with E-state index >= 15 is 0 Å². The number of ether oxygens (including phenoxy) is 1. The molecule has 3 saturated heterocycles. The van der Waals surface area contributed by atoms with E-state index in [-0.39, 0.29) is 17.7 Å². The number of hydrogen-bond donors (Lipinski definition) is 1. The second-order valence-electron chi connectivity index (χ2n) is 6.72. The van der Waals surface area contributed by atoms with Gasteiger partial charge in [0.15, 0.2) is 0 Å². The normalized spacial score (nSPS) is 24.6. The van der Waals surface area contributed by atoms with Gasteiger partial charge < -0.3 is 19.4 Å². The summed E-state index contributed by atoms with van der Waals surface area (Å²) in [6.07, 6.45) is -3.15. The molecule has 0 spiro atoms. The molecule has 3 aliphatic rings. The maximum absolute atomic E-state index is 12.4. The van der Waals surface area contributed by atoms with Crippen LogP contribution in [0.1, 0.15) is 29.1 Å². The molecule has 3 aliphatic heterocycles. The third-order valence-corrected chi connectivity index (χ3v) is 4.94. The molecule has 0 aliphatic carbocycles. The van der Waals surface area contributed by atoms with Gasteiger partial charge in [-0.1, -0.05) is 10.2 Å². The Hall–Kier alpha value is -2.62. The number of carbonyl (C=O) groups excluding carboxylic acids is 1. The lowest BCUT2D eigenvalue weighted by Gasteiger charge is -2.44. The molecular weight excluding hydrogens is 365 g/mol. The molecule has 1 unspecified atom stereocenters. The molecule has 2 aromatic rings. The second kappa shape index (κ2) is 6.84. The number of alkyl halides is 3. The number of hydrogen-bond acceptors (Lipinski definition) is 6. The minimum atomic E-state index is -4.73. The van der Waals surface area contributed by atoms with E-state index < -0.39 is 18.1 Å². The molecule has 7 nitrogen and oxygen atoms in total. The van der Waals surface area contributed by atoms with Crippen molar-refractivity contribution in [3.8, 4) is 11.8 Å². The summed E-state index contributed by atoms with van der Waals surface area (Å²) in [5, 5.41) is 9.14. The number of nitrogens with zero attached hydrogens (tertiary/aromatic N) is 3. The lowest BCUT2D eigenvalue weighted by molar-refractivity contribution is -0.157. The molecule has 144 valence electrons. The summed E-state index contributed by atoms with van der Waals surface area (Å²) in [5.41, 5.74) is 0.445. The van der Waals surface area contributed by atoms with Crippen LogP contribution in [0.5, 0.6) is 11.8 Å². The topological polar surface area (TPSA) is 80.5 Å². The van der Waals surface area contributed by atoms with Gasteiger partial charge in [-0.15, -0.1) is 0 Å². The standard InChI is InChI=1S/C17H17F3N4O3/c18-17(19,20)15-22-23-16(27-15)26-12-3-1-11(2-4-12)14(25)21-13-9-24-7-5-10(13)6-8-24/h1-4,10,13H,5-9H2,(H,21,25). The Morgan fingerprint density at radius 3 is 2.44 bits per heavy atom. The summed E-state index contributed by atoms with van der Waals surface area (Å²) in [4.78, 5) is 14.8. The fourth-order valence-corrected chi connectivity index (χ4v) is 3.52. The Labute approximate surface area is 152 Å². The minimum absolute atomic E-state index is 0.148. The number of nitrogens with one attached hydrogen (secondary N) is 1. The molecule has 27 heavy (non-hydrogen) atoms. The number of halogens is 3. The van der Waals surface area contributed by atoms with Crippen molar-refractivity contribution in [2.45, 2.75) is 25.1 Å². The van der Waals surface area contributed by atoms with E-state index in [0.29, 0.717) is 11.5 Å². The van der Waals surface area contributed by atoms with E-state index in [9.17, 15) is 18.0 Å². The molecule has 3 fully saturated rings. The minimum Gasteiger partial charge on any atom is -0.410 e. The van der Waals surface area contributed by atoms with Gasteiger partial charge in [-0.3, -0.25) is 4.79 Å². The van der Waals surface area contributed by atoms with Gasteiger partial charge in [0.25, 0.3) is 5.91 Å². The Kier molecular flexibility index (Phi) is 4.50. The van der Waals surface area contributed by atoms with Crippen LogP contribution in [0.2, 0.25) is 0 Å². The summed E-state index contributed by atoms with van der Waals surface area (Å²) in [7, 11) is 0. The molecule has 1 aromatic carbocycles. The first-order valence-corrected chi connectivity index (χ1v) is 8.60. The van der Waals surface area contributed by atoms with Gasteiger partial charge >= 0.3 is 18.1 Å². The third kappa shape index (κ3) is 3.90. The van der Waals surface area contributed by atoms with E-state index in [2.05, 4.69) is 24.8 Å². The quantitative estimate of drug-likeness (QED) is 0.876. The lowest BCUT2D eigenvalue weighted by atomic mass is 9.84. The van der Waals surface area contributed by atoms with Crippen molar-refractivity contribution < 1.29 is 27.1 Å². The maximum Gasteiger partial charge on any atom is 0.470 e. The first-order chi connectivity index (χ1) is 12.9. The number of benzene rings is 1. The van der Waals surface area contributed by atoms with Gasteiger partial charge in [-0.25, -0.2) is 0 Å². The number of fused-ring (bicyclic) bond motifs is 3. The molecular formula is C17H17F3N4O3. The smallest absolute Gasteiger partial charge is 0.410 e. The van der Waals surface area contributed by atoms with E-state index in [1.54, 1.807) is 0 Å². The Morgan fingerprint density at radius 2 is 1.89 bits per heavy atom. The predicted octanol–water partition coefficient (Wildman–Crippen LogP) is 2.70. The maximum atomic E-state index is 12.4. The van der Waals surface area contributed by atoms with Crippen LogP contribution in [0.4, 0.5) is 13.2 Å². The van der Waals surface area contributed by atoms with Crippen molar-refractivity contribution in [3.63, 3.8) is 0 Å². The molecule has 1 atom stereocenters. The summed E-state index contributed by atoms with van der Waals surface area (Å²) >= 11 is 0. The highest BCUT2D eigenvalue weighted by atomic mass is 19.4. The summed E-state index contributed by atoms with van der Waals surface area (Å²) in [6.45, 7) is 3.06. The van der Waals surface area contributed by atoms with Crippen LogP contribution in [-0.4, -0.2) is 46.7 Å². The molecule has 1 aromatic heterocycles. The predicted molar refractivity (Wildman–Crippen MR) is 86.2 cm³/mol. The molecule has 1 amide bonds. The van der Waals surface area contributed by atoms with Crippen LogP contribution >= 0.6 is 0 Å². The van der Waals surface area contributed by atoms with Gasteiger partial charge in [-0.2, -0.15) is 13.2 Å². The SMILES string of the molecule is O=C(NC1CN2CCC1CC2)c1ccc(Oc2nnc(C(F)(F)F)o2)cc1. The number of carbonyl (C=O) groups is 1. The highest BCUT2D eigenvalue weighted by Gasteiger charge is 2.38. The van der Waals surface area contributed by atoms with Gasteiger partial charge in [0.2, 0.25) is 0 Å². The molecule has 0 saturated carbocycles. The second-order valence-corrected chi connectivity index (χ2v) is 6.72. The average Bonchev–Trinajstić information content (AvgIpc) is 3.12. The van der Waals surface area contributed by atoms with Gasteiger partial charge in [0, 0.05) is 18.2 Å². The fourth-order valence-electron chi connectivity index (χ4n) is 3.52. The monoisotopic (exact) mass is 382 g/mol. The van der Waals surface area contributed by atoms with Crippen LogP contribution in [0.25, 0.3) is 0 Å². The van der Waals surface area contributed by atoms with Crippen molar-refractivity contribution in [2.75, 3.05) is 19.6 Å². The summed E-state index contributed by atoms with van der Waals surface area (Å²) in [5.74, 6) is -0.961. The zero-order chi connectivity index (χ0) is 19.0. The highest BCUT2D eigenvalue weighted by molar-refractivity contribution is 5.94.